The van der Waals surface area contributed by atoms with Crippen LogP contribution in [0.3, 0.4) is 0 Å². The minimum atomic E-state index is -0.388. The molecule has 0 fully saturated rings. The van der Waals surface area contributed by atoms with E-state index in [1.807, 2.05) is 37.3 Å². The Balaban J connectivity index is 1.85. The summed E-state index contributed by atoms with van der Waals surface area (Å²) in [5.41, 5.74) is 8.93. The van der Waals surface area contributed by atoms with Gasteiger partial charge in [-0.15, -0.1) is 11.3 Å². The molecule has 21 heavy (non-hydrogen) atoms. The second kappa shape index (κ2) is 5.54. The summed E-state index contributed by atoms with van der Waals surface area (Å²) in [6, 6.07) is 11.5. The van der Waals surface area contributed by atoms with Crippen molar-refractivity contribution in [3.05, 3.63) is 57.9 Å². The lowest BCUT2D eigenvalue weighted by Crippen LogP contribution is -2.06. The number of thiophene rings is 1. The summed E-state index contributed by atoms with van der Waals surface area (Å²) < 4.78 is 5.38. The Hall–Kier alpha value is -2.40. The van der Waals surface area contributed by atoms with Gasteiger partial charge in [0.1, 0.15) is 11.5 Å². The zero-order valence-corrected chi connectivity index (χ0v) is 12.3. The molecule has 106 valence electrons. The Kier molecular flexibility index (Phi) is 3.58. The van der Waals surface area contributed by atoms with Crippen molar-refractivity contribution in [2.24, 2.45) is 0 Å². The Morgan fingerprint density at radius 1 is 1.33 bits per heavy atom. The molecule has 1 aromatic carbocycles. The van der Waals surface area contributed by atoms with Gasteiger partial charge < -0.3 is 10.5 Å². The zero-order chi connectivity index (χ0) is 14.8. The fourth-order valence-corrected chi connectivity index (χ4v) is 2.92. The molecule has 0 amide bonds. The van der Waals surface area contributed by atoms with E-state index < -0.39 is 0 Å². The number of anilines is 1. The normalized spacial score (nSPS) is 10.7. The van der Waals surface area contributed by atoms with E-state index in [-0.39, 0.29) is 12.6 Å². The number of pyridine rings is 1. The van der Waals surface area contributed by atoms with Crippen molar-refractivity contribution >= 4 is 33.9 Å². The van der Waals surface area contributed by atoms with Crippen molar-refractivity contribution in [1.82, 2.24) is 4.98 Å². The number of aromatic nitrogens is 1. The molecule has 0 saturated heterocycles. The first-order chi connectivity index (χ1) is 10.1. The predicted molar refractivity (Wildman–Crippen MR) is 84.3 cm³/mol. The predicted octanol–water partition coefficient (Wildman–Crippen LogP) is 3.54. The summed E-state index contributed by atoms with van der Waals surface area (Å²) in [6.45, 7) is 2.13. The SMILES string of the molecule is Cc1cc(COC(=O)c2sccc2N)c2ccccc2n1. The number of nitrogens with two attached hydrogens (primary N) is 1. The van der Waals surface area contributed by atoms with Crippen molar-refractivity contribution in [1.29, 1.82) is 0 Å². The van der Waals surface area contributed by atoms with Gasteiger partial charge in [-0.1, -0.05) is 18.2 Å². The van der Waals surface area contributed by atoms with Crippen LogP contribution in [0.25, 0.3) is 10.9 Å². The topological polar surface area (TPSA) is 65.2 Å². The molecular weight excluding hydrogens is 284 g/mol. The number of para-hydroxylation sites is 1. The summed E-state index contributed by atoms with van der Waals surface area (Å²) >= 11 is 1.29. The van der Waals surface area contributed by atoms with Gasteiger partial charge in [0.15, 0.2) is 0 Å². The number of ether oxygens (including phenoxy) is 1. The molecule has 0 aliphatic carbocycles. The molecule has 2 aromatic heterocycles. The number of nitrogens with zero attached hydrogens (tertiary/aromatic N) is 1. The molecule has 0 saturated carbocycles. The van der Waals surface area contributed by atoms with Crippen LogP contribution in [0, 0.1) is 6.92 Å². The number of esters is 1. The lowest BCUT2D eigenvalue weighted by Gasteiger charge is -2.08. The molecule has 0 radical (unpaired) electrons. The first-order valence-corrected chi connectivity index (χ1v) is 7.38. The van der Waals surface area contributed by atoms with Gasteiger partial charge in [-0.2, -0.15) is 0 Å². The number of benzene rings is 1. The molecule has 5 heteroatoms. The molecular formula is C16H14N2O2S. The molecule has 0 atom stereocenters. The van der Waals surface area contributed by atoms with E-state index in [1.54, 1.807) is 11.4 Å². The molecule has 2 heterocycles. The summed E-state index contributed by atoms with van der Waals surface area (Å²) in [5, 5.41) is 2.77. The van der Waals surface area contributed by atoms with E-state index in [2.05, 4.69) is 4.98 Å². The number of rotatable bonds is 3. The Labute approximate surface area is 126 Å². The average molecular weight is 298 g/mol. The first kappa shape index (κ1) is 13.6. The average Bonchev–Trinajstić information content (AvgIpc) is 2.90. The zero-order valence-electron chi connectivity index (χ0n) is 11.5. The van der Waals surface area contributed by atoms with Gasteiger partial charge in [-0.3, -0.25) is 4.98 Å². The van der Waals surface area contributed by atoms with Gasteiger partial charge in [0, 0.05) is 16.6 Å². The minimum absolute atomic E-state index is 0.208. The molecule has 3 rings (SSSR count). The number of hydrogen-bond acceptors (Lipinski definition) is 5. The van der Waals surface area contributed by atoms with Crippen molar-refractivity contribution in [2.75, 3.05) is 5.73 Å². The lowest BCUT2D eigenvalue weighted by atomic mass is 10.1. The third-order valence-electron chi connectivity index (χ3n) is 3.17. The lowest BCUT2D eigenvalue weighted by molar-refractivity contribution is 0.0481. The Morgan fingerprint density at radius 2 is 2.14 bits per heavy atom. The van der Waals surface area contributed by atoms with Gasteiger partial charge in [0.05, 0.1) is 11.2 Å². The summed E-state index contributed by atoms with van der Waals surface area (Å²) in [4.78, 5) is 16.9. The second-order valence-corrected chi connectivity index (χ2v) is 5.64. The minimum Gasteiger partial charge on any atom is -0.457 e. The smallest absolute Gasteiger partial charge is 0.350 e. The number of carbonyl (C=O) groups is 1. The molecule has 0 aliphatic rings. The molecule has 4 nitrogen and oxygen atoms in total. The third-order valence-corrected chi connectivity index (χ3v) is 4.08. The fraction of sp³-hybridized carbons (Fsp3) is 0.125. The van der Waals surface area contributed by atoms with Crippen LogP contribution in [0.4, 0.5) is 5.69 Å². The Morgan fingerprint density at radius 3 is 2.90 bits per heavy atom. The van der Waals surface area contributed by atoms with Gasteiger partial charge in [0.25, 0.3) is 0 Å². The van der Waals surface area contributed by atoms with Gasteiger partial charge in [0.2, 0.25) is 0 Å². The molecule has 0 bridgehead atoms. The van der Waals surface area contributed by atoms with E-state index in [4.69, 9.17) is 10.5 Å². The fourth-order valence-electron chi connectivity index (χ4n) is 2.21. The van der Waals surface area contributed by atoms with E-state index in [9.17, 15) is 4.79 Å². The van der Waals surface area contributed by atoms with Crippen molar-refractivity contribution in [3.63, 3.8) is 0 Å². The highest BCUT2D eigenvalue weighted by molar-refractivity contribution is 7.12. The number of fused-ring (bicyclic) bond motifs is 1. The maximum Gasteiger partial charge on any atom is 0.350 e. The quantitative estimate of drug-likeness (QED) is 0.751. The van der Waals surface area contributed by atoms with Crippen LogP contribution in [0.2, 0.25) is 0 Å². The van der Waals surface area contributed by atoms with Crippen LogP contribution in [0.15, 0.2) is 41.8 Å². The van der Waals surface area contributed by atoms with Crippen LogP contribution in [-0.4, -0.2) is 11.0 Å². The number of aryl methyl sites for hydroxylation is 1. The number of hydrogen-bond donors (Lipinski definition) is 1. The molecule has 0 spiro atoms. The van der Waals surface area contributed by atoms with Crippen LogP contribution in [-0.2, 0) is 11.3 Å². The van der Waals surface area contributed by atoms with Gasteiger partial charge >= 0.3 is 5.97 Å². The molecule has 0 aliphatic heterocycles. The van der Waals surface area contributed by atoms with E-state index in [0.29, 0.717) is 10.6 Å². The first-order valence-electron chi connectivity index (χ1n) is 6.50. The maximum atomic E-state index is 12.0. The molecule has 0 unspecified atom stereocenters. The monoisotopic (exact) mass is 298 g/mol. The van der Waals surface area contributed by atoms with Crippen molar-refractivity contribution in [3.8, 4) is 0 Å². The van der Waals surface area contributed by atoms with Crippen molar-refractivity contribution < 1.29 is 9.53 Å². The summed E-state index contributed by atoms with van der Waals surface area (Å²) in [5.74, 6) is -0.388. The number of carbonyl (C=O) groups excluding carboxylic acids is 1. The summed E-state index contributed by atoms with van der Waals surface area (Å²) in [7, 11) is 0. The van der Waals surface area contributed by atoms with Gasteiger partial charge in [-0.25, -0.2) is 4.79 Å². The van der Waals surface area contributed by atoms with Crippen LogP contribution >= 0.6 is 11.3 Å². The van der Waals surface area contributed by atoms with Gasteiger partial charge in [-0.05, 0) is 30.5 Å². The Bertz CT molecular complexity index is 811. The molecule has 2 N–H and O–H groups in total. The summed E-state index contributed by atoms with van der Waals surface area (Å²) in [6.07, 6.45) is 0. The van der Waals surface area contributed by atoms with E-state index >= 15 is 0 Å². The standard InChI is InChI=1S/C16H14N2O2S/c1-10-8-11(12-4-2-3-5-14(12)18-10)9-20-16(19)15-13(17)6-7-21-15/h2-8H,9,17H2,1H3. The van der Waals surface area contributed by atoms with E-state index in [0.717, 1.165) is 22.2 Å². The van der Waals surface area contributed by atoms with Crippen LogP contribution in [0.5, 0.6) is 0 Å². The second-order valence-electron chi connectivity index (χ2n) is 4.72. The van der Waals surface area contributed by atoms with Crippen molar-refractivity contribution in [2.45, 2.75) is 13.5 Å². The highest BCUT2D eigenvalue weighted by atomic mass is 32.1. The van der Waals surface area contributed by atoms with Crippen LogP contribution < -0.4 is 5.73 Å². The number of nitrogen functional groups attached to an aromatic ring is 1. The third kappa shape index (κ3) is 2.73. The highest BCUT2D eigenvalue weighted by Crippen LogP contribution is 2.22. The largest absolute Gasteiger partial charge is 0.457 e. The molecule has 3 aromatic rings. The highest BCUT2D eigenvalue weighted by Gasteiger charge is 2.13. The van der Waals surface area contributed by atoms with E-state index in [1.165, 1.54) is 11.3 Å². The van der Waals surface area contributed by atoms with Crippen LogP contribution in [0.1, 0.15) is 20.9 Å². The maximum absolute atomic E-state index is 12.0.